The predicted molar refractivity (Wildman–Crippen MR) is 126 cm³/mol. The third-order valence-corrected chi connectivity index (χ3v) is 3.79. The maximum absolute atomic E-state index is 10.4. The van der Waals surface area contributed by atoms with E-state index in [0.29, 0.717) is 17.7 Å². The van der Waals surface area contributed by atoms with Crippen LogP contribution in [0.15, 0.2) is 24.3 Å². The maximum Gasteiger partial charge on any atom is 0.217 e. The van der Waals surface area contributed by atoms with Crippen molar-refractivity contribution >= 4 is 29.6 Å². The standard InChI is InChI=1S/C13H20.C6H9NO3S.C2H6O.C2H6/c1-4-5-12-6-8-13(9-7-12)10-11(2)3;1-5(10)7-6(2-8)3-11-4-9;1-3-2;1-2/h6-9,11H,4-5,10H2,1-3H3;2,4,6H,3H2,1H3,(H,7,10);1-2H3;1-2H3. The summed E-state index contributed by atoms with van der Waals surface area (Å²) in [7, 11) is 3.25. The lowest BCUT2D eigenvalue weighted by Crippen LogP contribution is -2.36. The lowest BCUT2D eigenvalue weighted by Gasteiger charge is -2.07. The molecule has 0 bridgehead atoms. The van der Waals surface area contributed by atoms with Crippen molar-refractivity contribution in [2.24, 2.45) is 5.92 Å². The van der Waals surface area contributed by atoms with Gasteiger partial charge in [0.25, 0.3) is 0 Å². The Morgan fingerprint density at radius 1 is 1.10 bits per heavy atom. The Hall–Kier alpha value is -1.66. The van der Waals surface area contributed by atoms with E-state index >= 15 is 0 Å². The number of thioether (sulfide) groups is 1. The summed E-state index contributed by atoms with van der Waals surface area (Å²) in [5.41, 5.74) is 3.57. The van der Waals surface area contributed by atoms with Gasteiger partial charge in [-0.15, -0.1) is 0 Å². The molecule has 0 saturated heterocycles. The second kappa shape index (κ2) is 24.4. The maximum atomic E-state index is 10.4. The highest BCUT2D eigenvalue weighted by atomic mass is 32.2. The molecule has 6 heteroatoms. The molecule has 168 valence electrons. The Labute approximate surface area is 182 Å². The van der Waals surface area contributed by atoms with Crippen LogP contribution in [0.4, 0.5) is 0 Å². The molecule has 1 aromatic rings. The summed E-state index contributed by atoms with van der Waals surface area (Å²) >= 11 is 0.956. The van der Waals surface area contributed by atoms with Crippen LogP contribution >= 0.6 is 11.8 Å². The average Bonchev–Trinajstić information content (AvgIpc) is 2.69. The SMILES string of the molecule is CC.CC(=O)NC(C=O)CSC=O.CCCc1ccc(CC(C)C)cc1.COC. The van der Waals surface area contributed by atoms with Crippen molar-refractivity contribution in [2.45, 2.75) is 66.8 Å². The highest BCUT2D eigenvalue weighted by Crippen LogP contribution is 2.10. The molecule has 1 amide bonds. The molecule has 0 aliphatic carbocycles. The first kappa shape index (κ1) is 32.0. The number of ether oxygens (including phenoxy) is 1. The van der Waals surface area contributed by atoms with Gasteiger partial charge in [-0.05, 0) is 29.9 Å². The molecule has 0 radical (unpaired) electrons. The molecule has 0 fully saturated rings. The molecule has 1 rings (SSSR count). The molecule has 0 heterocycles. The first-order valence-corrected chi connectivity index (χ1v) is 11.1. The normalized spacial score (nSPS) is 10.1. The van der Waals surface area contributed by atoms with E-state index in [1.807, 2.05) is 13.8 Å². The fourth-order valence-corrected chi connectivity index (χ4v) is 2.57. The molecular formula is C23H41NO4S. The fourth-order valence-electron chi connectivity index (χ4n) is 2.12. The first-order chi connectivity index (χ1) is 13.8. The predicted octanol–water partition coefficient (Wildman–Crippen LogP) is 4.74. The summed E-state index contributed by atoms with van der Waals surface area (Å²) in [4.78, 5) is 30.5. The second-order valence-electron chi connectivity index (χ2n) is 6.45. The van der Waals surface area contributed by atoms with Crippen molar-refractivity contribution in [3.63, 3.8) is 0 Å². The minimum Gasteiger partial charge on any atom is -0.388 e. The molecule has 0 aliphatic rings. The van der Waals surface area contributed by atoms with Crippen LogP contribution < -0.4 is 5.32 Å². The summed E-state index contributed by atoms with van der Waals surface area (Å²) in [5.74, 6) is 0.790. The lowest BCUT2D eigenvalue weighted by atomic mass is 10.0. The third kappa shape index (κ3) is 24.3. The number of amides is 1. The Morgan fingerprint density at radius 2 is 1.59 bits per heavy atom. The fraction of sp³-hybridized carbons (Fsp3) is 0.609. The van der Waals surface area contributed by atoms with Crippen LogP contribution in [-0.4, -0.2) is 43.8 Å². The molecule has 1 unspecified atom stereocenters. The van der Waals surface area contributed by atoms with E-state index in [1.165, 1.54) is 37.3 Å². The number of aryl methyl sites for hydroxylation is 1. The monoisotopic (exact) mass is 427 g/mol. The quantitative estimate of drug-likeness (QED) is 0.576. The highest BCUT2D eigenvalue weighted by molar-refractivity contribution is 8.11. The molecule has 1 atom stereocenters. The van der Waals surface area contributed by atoms with Gasteiger partial charge in [-0.3, -0.25) is 9.59 Å². The Morgan fingerprint density at radius 3 is 1.93 bits per heavy atom. The minimum absolute atomic E-state index is 0.270. The van der Waals surface area contributed by atoms with Gasteiger partial charge in [0.1, 0.15) is 6.29 Å². The largest absolute Gasteiger partial charge is 0.388 e. The van der Waals surface area contributed by atoms with Gasteiger partial charge in [-0.25, -0.2) is 0 Å². The van der Waals surface area contributed by atoms with Gasteiger partial charge < -0.3 is 14.8 Å². The highest BCUT2D eigenvalue weighted by Gasteiger charge is 2.06. The van der Waals surface area contributed by atoms with Crippen LogP contribution in [0.3, 0.4) is 0 Å². The van der Waals surface area contributed by atoms with Crippen molar-refractivity contribution in [1.82, 2.24) is 5.32 Å². The zero-order valence-corrected chi connectivity index (χ0v) is 20.3. The Kier molecular flexibility index (Phi) is 26.9. The van der Waals surface area contributed by atoms with Gasteiger partial charge in [0, 0.05) is 26.9 Å². The summed E-state index contributed by atoms with van der Waals surface area (Å²) in [6.07, 6.45) is 4.26. The van der Waals surface area contributed by atoms with E-state index in [2.05, 4.69) is 55.1 Å². The van der Waals surface area contributed by atoms with Gasteiger partial charge in [0.05, 0.1) is 6.04 Å². The molecule has 1 aromatic carbocycles. The number of rotatable bonds is 9. The average molecular weight is 428 g/mol. The van der Waals surface area contributed by atoms with Crippen LogP contribution in [-0.2, 0) is 32.0 Å². The van der Waals surface area contributed by atoms with Gasteiger partial charge in [0.2, 0.25) is 5.91 Å². The molecule has 1 N–H and O–H groups in total. The van der Waals surface area contributed by atoms with Gasteiger partial charge in [0.15, 0.2) is 5.62 Å². The summed E-state index contributed by atoms with van der Waals surface area (Å²) < 4.78 is 4.25. The number of aldehydes is 1. The molecule has 0 saturated carbocycles. The Bertz CT molecular complexity index is 504. The van der Waals surface area contributed by atoms with E-state index in [0.717, 1.165) is 17.7 Å². The van der Waals surface area contributed by atoms with Crippen molar-refractivity contribution in [2.75, 3.05) is 20.0 Å². The zero-order chi connectivity index (χ0) is 23.1. The van der Waals surface area contributed by atoms with Crippen LogP contribution in [0.5, 0.6) is 0 Å². The topological polar surface area (TPSA) is 72.5 Å². The number of hydrogen-bond donors (Lipinski definition) is 1. The number of hydrogen-bond acceptors (Lipinski definition) is 5. The van der Waals surface area contributed by atoms with Gasteiger partial charge in [-0.1, -0.05) is 77.1 Å². The van der Waals surface area contributed by atoms with Crippen LogP contribution in [0, 0.1) is 5.92 Å². The number of carbonyl (C=O) groups is 3. The summed E-state index contributed by atoms with van der Waals surface area (Å²) in [6.45, 7) is 12.1. The zero-order valence-electron chi connectivity index (χ0n) is 19.5. The molecule has 0 spiro atoms. The van der Waals surface area contributed by atoms with E-state index in [9.17, 15) is 14.4 Å². The van der Waals surface area contributed by atoms with Gasteiger partial charge >= 0.3 is 0 Å². The second-order valence-corrected chi connectivity index (χ2v) is 7.30. The number of benzene rings is 1. The molecule has 29 heavy (non-hydrogen) atoms. The van der Waals surface area contributed by atoms with Gasteiger partial charge in [-0.2, -0.15) is 0 Å². The summed E-state index contributed by atoms with van der Waals surface area (Å²) in [5, 5.41) is 2.38. The van der Waals surface area contributed by atoms with Crippen molar-refractivity contribution in [3.8, 4) is 0 Å². The van der Waals surface area contributed by atoms with Crippen LogP contribution in [0.2, 0.25) is 0 Å². The van der Waals surface area contributed by atoms with Crippen molar-refractivity contribution in [1.29, 1.82) is 0 Å². The summed E-state index contributed by atoms with van der Waals surface area (Å²) in [6, 6.07) is 8.51. The smallest absolute Gasteiger partial charge is 0.217 e. The Balaban J connectivity index is -0.000000385. The third-order valence-electron chi connectivity index (χ3n) is 3.10. The van der Waals surface area contributed by atoms with Crippen LogP contribution in [0.25, 0.3) is 0 Å². The first-order valence-electron chi connectivity index (χ1n) is 10.1. The molecule has 0 aliphatic heterocycles. The molecule has 5 nitrogen and oxygen atoms in total. The van der Waals surface area contributed by atoms with Crippen molar-refractivity contribution < 1.29 is 19.1 Å². The lowest BCUT2D eigenvalue weighted by molar-refractivity contribution is -0.121. The van der Waals surface area contributed by atoms with Crippen LogP contribution in [0.1, 0.15) is 59.1 Å². The van der Waals surface area contributed by atoms with E-state index in [1.54, 1.807) is 14.2 Å². The van der Waals surface area contributed by atoms with E-state index in [-0.39, 0.29) is 5.91 Å². The van der Waals surface area contributed by atoms with Crippen molar-refractivity contribution in [3.05, 3.63) is 35.4 Å². The van der Waals surface area contributed by atoms with E-state index < -0.39 is 6.04 Å². The number of nitrogens with one attached hydrogen (secondary N) is 1. The minimum atomic E-state index is -0.553. The number of methoxy groups -OCH3 is 1. The molecule has 0 aromatic heterocycles. The van der Waals surface area contributed by atoms with E-state index in [4.69, 9.17) is 0 Å². The number of carbonyl (C=O) groups excluding carboxylic acids is 3. The molecular weight excluding hydrogens is 386 g/mol.